The van der Waals surface area contributed by atoms with E-state index in [1.807, 2.05) is 7.05 Å². The van der Waals surface area contributed by atoms with Crippen LogP contribution in [0.25, 0.3) is 16.8 Å². The predicted molar refractivity (Wildman–Crippen MR) is 80.8 cm³/mol. The molecule has 0 atom stereocenters. The van der Waals surface area contributed by atoms with E-state index in [-0.39, 0.29) is 11.2 Å². The van der Waals surface area contributed by atoms with Gasteiger partial charge in [0.15, 0.2) is 11.5 Å². The Morgan fingerprint density at radius 1 is 1.12 bits per heavy atom. The molecule has 24 heavy (non-hydrogen) atoms. The fraction of sp³-hybridized carbons (Fsp3) is 0.429. The highest BCUT2D eigenvalue weighted by Crippen LogP contribution is 2.31. The van der Waals surface area contributed by atoms with Crippen molar-refractivity contribution >= 4 is 22.6 Å². The maximum Gasteiger partial charge on any atom is 0.417 e. The summed E-state index contributed by atoms with van der Waals surface area (Å²) < 4.78 is 40.3. The molecule has 0 radical (unpaired) electrons. The van der Waals surface area contributed by atoms with Crippen molar-refractivity contribution in [3.63, 3.8) is 0 Å². The van der Waals surface area contributed by atoms with Crippen LogP contribution in [0.4, 0.5) is 19.0 Å². The number of aromatic nitrogens is 5. The summed E-state index contributed by atoms with van der Waals surface area (Å²) in [6, 6.07) is 1.03. The van der Waals surface area contributed by atoms with E-state index in [0.29, 0.717) is 11.5 Å². The van der Waals surface area contributed by atoms with Crippen LogP contribution < -0.4 is 4.90 Å². The molecule has 0 bridgehead atoms. The zero-order valence-electron chi connectivity index (χ0n) is 12.8. The summed E-state index contributed by atoms with van der Waals surface area (Å²) in [5, 5.41) is 7.88. The molecule has 0 aromatic carbocycles. The summed E-state index contributed by atoms with van der Waals surface area (Å²) in [6.45, 7) is 3.28. The molecule has 0 aliphatic carbocycles. The topological polar surface area (TPSA) is 62.5 Å². The number of pyridine rings is 1. The largest absolute Gasteiger partial charge is 0.417 e. The quantitative estimate of drug-likeness (QED) is 0.670. The molecule has 0 saturated carbocycles. The minimum atomic E-state index is -4.46. The van der Waals surface area contributed by atoms with Crippen LogP contribution in [0.15, 0.2) is 18.6 Å². The SMILES string of the molecule is CN1CCN(c2nc3ncc(C(F)(F)F)cc3n3cnnc23)CC1. The van der Waals surface area contributed by atoms with Gasteiger partial charge < -0.3 is 9.80 Å². The molecule has 0 unspecified atom stereocenters. The van der Waals surface area contributed by atoms with E-state index in [0.717, 1.165) is 38.4 Å². The molecule has 10 heteroatoms. The Balaban J connectivity index is 1.88. The van der Waals surface area contributed by atoms with Crippen molar-refractivity contribution in [2.75, 3.05) is 38.1 Å². The van der Waals surface area contributed by atoms with Gasteiger partial charge in [-0.15, -0.1) is 10.2 Å². The second-order valence-electron chi connectivity index (χ2n) is 5.81. The Labute approximate surface area is 134 Å². The molecule has 3 aromatic heterocycles. The van der Waals surface area contributed by atoms with Gasteiger partial charge in [-0.1, -0.05) is 0 Å². The fourth-order valence-corrected chi connectivity index (χ4v) is 2.81. The number of piperazine rings is 1. The van der Waals surface area contributed by atoms with E-state index >= 15 is 0 Å². The highest BCUT2D eigenvalue weighted by Gasteiger charge is 2.32. The van der Waals surface area contributed by atoms with Gasteiger partial charge in [-0.05, 0) is 13.1 Å². The third kappa shape index (κ3) is 2.42. The van der Waals surface area contributed by atoms with E-state index < -0.39 is 11.7 Å². The van der Waals surface area contributed by atoms with Crippen LogP contribution in [-0.2, 0) is 6.18 Å². The molecule has 0 spiro atoms. The van der Waals surface area contributed by atoms with Gasteiger partial charge in [0.2, 0.25) is 5.65 Å². The zero-order chi connectivity index (χ0) is 16.9. The van der Waals surface area contributed by atoms with Crippen molar-refractivity contribution in [3.05, 3.63) is 24.2 Å². The lowest BCUT2D eigenvalue weighted by molar-refractivity contribution is -0.137. The Morgan fingerprint density at radius 2 is 1.88 bits per heavy atom. The lowest BCUT2D eigenvalue weighted by Gasteiger charge is -2.33. The number of rotatable bonds is 1. The molecule has 1 aliphatic rings. The van der Waals surface area contributed by atoms with Gasteiger partial charge in [0.1, 0.15) is 6.33 Å². The summed E-state index contributed by atoms with van der Waals surface area (Å²) in [5.74, 6) is 0.598. The maximum absolute atomic E-state index is 12.9. The van der Waals surface area contributed by atoms with Crippen LogP contribution in [-0.4, -0.2) is 62.7 Å². The van der Waals surface area contributed by atoms with Gasteiger partial charge in [-0.3, -0.25) is 4.40 Å². The third-order valence-electron chi connectivity index (χ3n) is 4.20. The van der Waals surface area contributed by atoms with Crippen molar-refractivity contribution < 1.29 is 13.2 Å². The summed E-state index contributed by atoms with van der Waals surface area (Å²) in [7, 11) is 2.04. The molecule has 3 aromatic rings. The molecular weight excluding hydrogens is 323 g/mol. The molecular formula is C14H14F3N7. The summed E-state index contributed by atoms with van der Waals surface area (Å²) in [5.41, 5.74) is 0.0965. The minimum Gasteiger partial charge on any atom is -0.351 e. The van der Waals surface area contributed by atoms with E-state index in [4.69, 9.17) is 0 Å². The normalized spacial score (nSPS) is 17.1. The van der Waals surface area contributed by atoms with Gasteiger partial charge in [0, 0.05) is 32.4 Å². The average molecular weight is 337 g/mol. The van der Waals surface area contributed by atoms with Crippen molar-refractivity contribution in [1.29, 1.82) is 0 Å². The van der Waals surface area contributed by atoms with Gasteiger partial charge in [-0.25, -0.2) is 9.97 Å². The average Bonchev–Trinajstić information content (AvgIpc) is 3.03. The number of halogens is 3. The summed E-state index contributed by atoms with van der Waals surface area (Å²) >= 11 is 0. The number of likely N-dealkylation sites (N-methyl/N-ethyl adjacent to an activating group) is 1. The van der Waals surface area contributed by atoms with Crippen LogP contribution >= 0.6 is 0 Å². The molecule has 4 rings (SSSR count). The lowest BCUT2D eigenvalue weighted by Crippen LogP contribution is -2.45. The maximum atomic E-state index is 12.9. The monoisotopic (exact) mass is 337 g/mol. The first-order valence-corrected chi connectivity index (χ1v) is 7.43. The van der Waals surface area contributed by atoms with Crippen molar-refractivity contribution in [3.8, 4) is 0 Å². The number of anilines is 1. The lowest BCUT2D eigenvalue weighted by atomic mass is 10.2. The number of hydrogen-bond acceptors (Lipinski definition) is 6. The van der Waals surface area contributed by atoms with Crippen LogP contribution in [0.5, 0.6) is 0 Å². The molecule has 0 amide bonds. The molecule has 0 N–H and O–H groups in total. The van der Waals surface area contributed by atoms with Crippen LogP contribution in [0, 0.1) is 0 Å². The van der Waals surface area contributed by atoms with Crippen molar-refractivity contribution in [1.82, 2.24) is 29.5 Å². The Hall–Kier alpha value is -2.49. The van der Waals surface area contributed by atoms with Gasteiger partial charge >= 0.3 is 6.18 Å². The highest BCUT2D eigenvalue weighted by atomic mass is 19.4. The fourth-order valence-electron chi connectivity index (χ4n) is 2.81. The van der Waals surface area contributed by atoms with E-state index in [2.05, 4.69) is 30.0 Å². The highest BCUT2D eigenvalue weighted by molar-refractivity contribution is 5.80. The standard InChI is InChI=1S/C14H14F3N7/c1-22-2-4-23(5-3-22)12-13-21-19-8-24(13)10-6-9(14(15,16)17)7-18-11(10)20-12/h6-8H,2-5H2,1H3. The Kier molecular flexibility index (Phi) is 3.30. The molecule has 126 valence electrons. The van der Waals surface area contributed by atoms with Crippen LogP contribution in [0.1, 0.15) is 5.56 Å². The second-order valence-corrected chi connectivity index (χ2v) is 5.81. The number of hydrogen-bond donors (Lipinski definition) is 0. The summed E-state index contributed by atoms with van der Waals surface area (Å²) in [4.78, 5) is 12.6. The molecule has 1 fully saturated rings. The molecule has 7 nitrogen and oxygen atoms in total. The molecule has 1 aliphatic heterocycles. The smallest absolute Gasteiger partial charge is 0.351 e. The van der Waals surface area contributed by atoms with Crippen LogP contribution in [0.2, 0.25) is 0 Å². The first-order valence-electron chi connectivity index (χ1n) is 7.43. The minimum absolute atomic E-state index is 0.239. The van der Waals surface area contributed by atoms with Gasteiger partial charge in [0.25, 0.3) is 0 Å². The molecule has 1 saturated heterocycles. The Bertz CT molecular complexity index is 896. The summed E-state index contributed by atoms with van der Waals surface area (Å²) in [6.07, 6.45) is -2.27. The first kappa shape index (κ1) is 15.1. The van der Waals surface area contributed by atoms with E-state index in [1.54, 1.807) is 0 Å². The van der Waals surface area contributed by atoms with Crippen molar-refractivity contribution in [2.24, 2.45) is 0 Å². The third-order valence-corrected chi connectivity index (χ3v) is 4.20. The van der Waals surface area contributed by atoms with E-state index in [1.165, 1.54) is 10.7 Å². The van der Waals surface area contributed by atoms with E-state index in [9.17, 15) is 13.2 Å². The number of nitrogens with zero attached hydrogens (tertiary/aromatic N) is 7. The van der Waals surface area contributed by atoms with Gasteiger partial charge in [-0.2, -0.15) is 13.2 Å². The zero-order valence-corrected chi connectivity index (χ0v) is 12.8. The molecule has 4 heterocycles. The predicted octanol–water partition coefficient (Wildman–Crippen LogP) is 1.44. The first-order chi connectivity index (χ1) is 11.4. The number of fused-ring (bicyclic) bond motifs is 3. The number of alkyl halides is 3. The van der Waals surface area contributed by atoms with Gasteiger partial charge in [0.05, 0.1) is 11.1 Å². The Morgan fingerprint density at radius 3 is 2.58 bits per heavy atom. The van der Waals surface area contributed by atoms with Crippen molar-refractivity contribution in [2.45, 2.75) is 6.18 Å². The second kappa shape index (κ2) is 5.26. The van der Waals surface area contributed by atoms with Crippen LogP contribution in [0.3, 0.4) is 0 Å².